The highest BCUT2D eigenvalue weighted by molar-refractivity contribution is 5.78. The molecule has 0 radical (unpaired) electrons. The van der Waals surface area contributed by atoms with E-state index < -0.39 is 0 Å². The van der Waals surface area contributed by atoms with Crippen LogP contribution in [0.2, 0.25) is 0 Å². The van der Waals surface area contributed by atoms with Gasteiger partial charge in [-0.15, -0.1) is 0 Å². The number of likely N-dealkylation sites (tertiary alicyclic amines) is 1. The molecule has 1 aromatic carbocycles. The van der Waals surface area contributed by atoms with E-state index in [9.17, 15) is 4.79 Å². The lowest BCUT2D eigenvalue weighted by atomic mass is 9.84. The number of nitrogens with one attached hydrogen (secondary N) is 1. The Kier molecular flexibility index (Phi) is 4.83. The predicted octanol–water partition coefficient (Wildman–Crippen LogP) is 2.26. The molecule has 2 aliphatic heterocycles. The summed E-state index contributed by atoms with van der Waals surface area (Å²) in [5.74, 6) is 1.82. The molecule has 1 atom stereocenters. The molecule has 4 rings (SSSR count). The minimum atomic E-state index is 0.210. The number of hydrogen-bond acceptors (Lipinski definition) is 3. The number of para-hydroxylation sites is 1. The Morgan fingerprint density at radius 3 is 2.60 bits per heavy atom. The minimum Gasteiger partial charge on any atom is -0.342 e. The average molecular weight is 338 g/mol. The summed E-state index contributed by atoms with van der Waals surface area (Å²) in [6.45, 7) is 4.13. The summed E-state index contributed by atoms with van der Waals surface area (Å²) in [5.41, 5.74) is 1.86. The number of hydrogen-bond donors (Lipinski definition) is 1. The fourth-order valence-electron chi connectivity index (χ4n) is 4.15. The van der Waals surface area contributed by atoms with Gasteiger partial charge < -0.3 is 10.2 Å². The van der Waals surface area contributed by atoms with Gasteiger partial charge in [0.1, 0.15) is 0 Å². The Labute approximate surface area is 149 Å². The predicted molar refractivity (Wildman–Crippen MR) is 97.5 cm³/mol. The SMILES string of the molecule is O=C(Cc1ccn(-c2ccccc2)n1)N1CCC(C2CCNC2)CC1. The van der Waals surface area contributed by atoms with Crippen LogP contribution in [0.5, 0.6) is 0 Å². The van der Waals surface area contributed by atoms with Gasteiger partial charge in [0.2, 0.25) is 5.91 Å². The van der Waals surface area contributed by atoms with E-state index in [1.807, 2.05) is 52.2 Å². The van der Waals surface area contributed by atoms with Crippen molar-refractivity contribution in [2.75, 3.05) is 26.2 Å². The topological polar surface area (TPSA) is 50.2 Å². The molecule has 2 fully saturated rings. The van der Waals surface area contributed by atoms with Crippen molar-refractivity contribution >= 4 is 5.91 Å². The normalized spacial score (nSPS) is 21.6. The zero-order valence-electron chi connectivity index (χ0n) is 14.6. The lowest BCUT2D eigenvalue weighted by Gasteiger charge is -2.34. The molecule has 2 aliphatic rings. The second-order valence-electron chi connectivity index (χ2n) is 7.24. The fourth-order valence-corrected chi connectivity index (χ4v) is 4.15. The third-order valence-electron chi connectivity index (χ3n) is 5.65. The van der Waals surface area contributed by atoms with E-state index in [2.05, 4.69) is 10.4 Å². The maximum atomic E-state index is 12.6. The van der Waals surface area contributed by atoms with E-state index in [4.69, 9.17) is 0 Å². The Hall–Kier alpha value is -2.14. The van der Waals surface area contributed by atoms with Crippen LogP contribution >= 0.6 is 0 Å². The summed E-state index contributed by atoms with van der Waals surface area (Å²) < 4.78 is 1.84. The standard InChI is InChI=1S/C20H26N4O/c25-20(23-11-7-16(8-12-23)17-6-10-21-15-17)14-18-9-13-24(22-18)19-4-2-1-3-5-19/h1-5,9,13,16-17,21H,6-8,10-12,14-15H2. The van der Waals surface area contributed by atoms with Gasteiger partial charge in [0.25, 0.3) is 0 Å². The van der Waals surface area contributed by atoms with Crippen molar-refractivity contribution < 1.29 is 4.79 Å². The van der Waals surface area contributed by atoms with E-state index >= 15 is 0 Å². The molecule has 1 N–H and O–H groups in total. The Balaban J connectivity index is 1.31. The lowest BCUT2D eigenvalue weighted by Crippen LogP contribution is -2.41. The molecule has 25 heavy (non-hydrogen) atoms. The quantitative estimate of drug-likeness (QED) is 0.930. The van der Waals surface area contributed by atoms with Gasteiger partial charge in [0.05, 0.1) is 17.8 Å². The van der Waals surface area contributed by atoms with Gasteiger partial charge in [0, 0.05) is 19.3 Å². The number of piperidine rings is 1. The number of amides is 1. The van der Waals surface area contributed by atoms with Gasteiger partial charge >= 0.3 is 0 Å². The Bertz CT molecular complexity index is 697. The molecule has 2 aromatic rings. The molecule has 0 aliphatic carbocycles. The highest BCUT2D eigenvalue weighted by Gasteiger charge is 2.30. The molecular formula is C20H26N4O. The number of rotatable bonds is 4. The van der Waals surface area contributed by atoms with E-state index in [1.54, 1.807) is 0 Å². The van der Waals surface area contributed by atoms with E-state index in [0.717, 1.165) is 62.2 Å². The molecule has 0 spiro atoms. The first kappa shape index (κ1) is 16.3. The molecular weight excluding hydrogens is 312 g/mol. The number of carbonyl (C=O) groups excluding carboxylic acids is 1. The first-order valence-electron chi connectivity index (χ1n) is 9.38. The maximum Gasteiger partial charge on any atom is 0.228 e. The number of benzene rings is 1. The van der Waals surface area contributed by atoms with Crippen molar-refractivity contribution in [1.29, 1.82) is 0 Å². The van der Waals surface area contributed by atoms with Gasteiger partial charge in [-0.1, -0.05) is 18.2 Å². The van der Waals surface area contributed by atoms with E-state index in [0.29, 0.717) is 6.42 Å². The number of nitrogens with zero attached hydrogens (tertiary/aromatic N) is 3. The molecule has 3 heterocycles. The number of aromatic nitrogens is 2. The molecule has 0 bridgehead atoms. The summed E-state index contributed by atoms with van der Waals surface area (Å²) >= 11 is 0. The first-order chi connectivity index (χ1) is 12.3. The average Bonchev–Trinajstić information content (AvgIpc) is 3.35. The van der Waals surface area contributed by atoms with Crippen molar-refractivity contribution in [3.8, 4) is 5.69 Å². The van der Waals surface area contributed by atoms with Crippen molar-refractivity contribution in [2.45, 2.75) is 25.7 Å². The number of carbonyl (C=O) groups is 1. The van der Waals surface area contributed by atoms with Crippen LogP contribution in [0.4, 0.5) is 0 Å². The highest BCUT2D eigenvalue weighted by Crippen LogP contribution is 2.29. The third kappa shape index (κ3) is 3.76. The molecule has 2 saturated heterocycles. The molecule has 1 aromatic heterocycles. The second-order valence-corrected chi connectivity index (χ2v) is 7.24. The maximum absolute atomic E-state index is 12.6. The van der Waals surface area contributed by atoms with Gasteiger partial charge in [0.15, 0.2) is 0 Å². The molecule has 5 nitrogen and oxygen atoms in total. The first-order valence-corrected chi connectivity index (χ1v) is 9.38. The largest absolute Gasteiger partial charge is 0.342 e. The summed E-state index contributed by atoms with van der Waals surface area (Å²) in [5, 5.41) is 8.02. The third-order valence-corrected chi connectivity index (χ3v) is 5.65. The van der Waals surface area contributed by atoms with Crippen LogP contribution < -0.4 is 5.32 Å². The smallest absolute Gasteiger partial charge is 0.228 e. The monoisotopic (exact) mass is 338 g/mol. The molecule has 1 amide bonds. The van der Waals surface area contributed by atoms with E-state index in [-0.39, 0.29) is 5.91 Å². The Morgan fingerprint density at radius 2 is 1.88 bits per heavy atom. The van der Waals surface area contributed by atoms with Crippen molar-refractivity contribution in [1.82, 2.24) is 20.0 Å². The summed E-state index contributed by atoms with van der Waals surface area (Å²) in [7, 11) is 0. The molecule has 5 heteroatoms. The van der Waals surface area contributed by atoms with Crippen LogP contribution in [-0.2, 0) is 11.2 Å². The summed E-state index contributed by atoms with van der Waals surface area (Å²) in [6, 6.07) is 11.9. The van der Waals surface area contributed by atoms with Crippen LogP contribution in [0.1, 0.15) is 25.0 Å². The fraction of sp³-hybridized carbons (Fsp3) is 0.500. The van der Waals surface area contributed by atoms with Gasteiger partial charge in [-0.25, -0.2) is 4.68 Å². The van der Waals surface area contributed by atoms with Crippen LogP contribution in [-0.4, -0.2) is 46.8 Å². The molecule has 1 unspecified atom stereocenters. The van der Waals surface area contributed by atoms with E-state index in [1.165, 1.54) is 6.42 Å². The zero-order chi connectivity index (χ0) is 17.1. The van der Waals surface area contributed by atoms with Gasteiger partial charge in [-0.3, -0.25) is 4.79 Å². The van der Waals surface area contributed by atoms with Crippen molar-refractivity contribution in [2.24, 2.45) is 11.8 Å². The van der Waals surface area contributed by atoms with Crippen LogP contribution in [0.3, 0.4) is 0 Å². The van der Waals surface area contributed by atoms with Crippen molar-refractivity contribution in [3.05, 3.63) is 48.3 Å². The molecule has 0 saturated carbocycles. The van der Waals surface area contributed by atoms with Crippen molar-refractivity contribution in [3.63, 3.8) is 0 Å². The molecule has 132 valence electrons. The summed E-state index contributed by atoms with van der Waals surface area (Å²) in [4.78, 5) is 14.6. The Morgan fingerprint density at radius 1 is 1.08 bits per heavy atom. The van der Waals surface area contributed by atoms with Crippen LogP contribution in [0, 0.1) is 11.8 Å². The lowest BCUT2D eigenvalue weighted by molar-refractivity contribution is -0.132. The van der Waals surface area contributed by atoms with Gasteiger partial charge in [-0.05, 0) is 62.4 Å². The second kappa shape index (κ2) is 7.40. The van der Waals surface area contributed by atoms with Crippen LogP contribution in [0.15, 0.2) is 42.6 Å². The highest BCUT2D eigenvalue weighted by atomic mass is 16.2. The van der Waals surface area contributed by atoms with Crippen LogP contribution in [0.25, 0.3) is 5.69 Å². The zero-order valence-corrected chi connectivity index (χ0v) is 14.6. The summed E-state index contributed by atoms with van der Waals surface area (Å²) in [6.07, 6.45) is 5.93. The van der Waals surface area contributed by atoms with Gasteiger partial charge in [-0.2, -0.15) is 5.10 Å². The minimum absolute atomic E-state index is 0.210.